The predicted molar refractivity (Wildman–Crippen MR) is 59.0 cm³/mol. The number of aromatic nitrogens is 1. The van der Waals surface area contributed by atoms with E-state index in [9.17, 15) is 4.79 Å². The van der Waals surface area contributed by atoms with Gasteiger partial charge in [0.1, 0.15) is 0 Å². The molecule has 1 aromatic carbocycles. The number of hydrogen-bond donors (Lipinski definition) is 0. The third-order valence-corrected chi connectivity index (χ3v) is 2.36. The largest absolute Gasteiger partial charge is 0.424 e. The number of hydrogen-bond acceptors (Lipinski definition) is 2. The number of rotatable bonds is 1. The van der Waals surface area contributed by atoms with E-state index in [0.29, 0.717) is 5.75 Å². The Morgan fingerprint density at radius 3 is 2.80 bits per heavy atom. The van der Waals surface area contributed by atoms with Crippen LogP contribution in [0.2, 0.25) is 0 Å². The molecule has 0 aliphatic heterocycles. The first-order valence-corrected chi connectivity index (χ1v) is 4.82. The molecule has 0 spiro atoms. The number of esters is 1. The maximum absolute atomic E-state index is 10.9. The molecular formula is C12H13NO2. The van der Waals surface area contributed by atoms with E-state index in [1.165, 1.54) is 6.92 Å². The van der Waals surface area contributed by atoms with Crippen molar-refractivity contribution < 1.29 is 9.53 Å². The molecule has 0 unspecified atom stereocenters. The normalized spacial score (nSPS) is 10.6. The van der Waals surface area contributed by atoms with Gasteiger partial charge < -0.3 is 9.30 Å². The summed E-state index contributed by atoms with van der Waals surface area (Å²) in [6.07, 6.45) is 1.82. The average Bonchev–Trinajstić information content (AvgIpc) is 2.42. The van der Waals surface area contributed by atoms with Crippen LogP contribution in [0.3, 0.4) is 0 Å². The van der Waals surface area contributed by atoms with Gasteiger partial charge in [-0.25, -0.2) is 0 Å². The van der Waals surface area contributed by atoms with E-state index in [1.54, 1.807) is 0 Å². The van der Waals surface area contributed by atoms with Gasteiger partial charge in [-0.15, -0.1) is 0 Å². The van der Waals surface area contributed by atoms with Crippen molar-refractivity contribution in [2.45, 2.75) is 13.8 Å². The quantitative estimate of drug-likeness (QED) is 0.666. The van der Waals surface area contributed by atoms with Gasteiger partial charge in [-0.05, 0) is 19.1 Å². The first-order chi connectivity index (χ1) is 7.08. The highest BCUT2D eigenvalue weighted by atomic mass is 16.5. The Morgan fingerprint density at radius 1 is 1.40 bits per heavy atom. The third kappa shape index (κ3) is 1.73. The summed E-state index contributed by atoms with van der Waals surface area (Å²) >= 11 is 0. The van der Waals surface area contributed by atoms with Crippen LogP contribution in [0.1, 0.15) is 12.5 Å². The summed E-state index contributed by atoms with van der Waals surface area (Å²) in [5, 5.41) is 0.979. The van der Waals surface area contributed by atoms with E-state index < -0.39 is 0 Å². The van der Waals surface area contributed by atoms with E-state index in [0.717, 1.165) is 16.5 Å². The Hall–Kier alpha value is -1.77. The summed E-state index contributed by atoms with van der Waals surface area (Å²) in [7, 11) is 1.94. The molecule has 3 nitrogen and oxygen atoms in total. The van der Waals surface area contributed by atoms with E-state index in [1.807, 2.05) is 42.9 Å². The summed E-state index contributed by atoms with van der Waals surface area (Å²) in [5.74, 6) is 0.340. The standard InChI is InChI=1S/C12H13NO2/c1-8-4-5-11-10(6-8)12(7-13(11)3)15-9(2)14/h4-7H,1-3H3. The molecule has 0 saturated heterocycles. The molecule has 1 aromatic heterocycles. The van der Waals surface area contributed by atoms with Gasteiger partial charge >= 0.3 is 5.97 Å². The fourth-order valence-corrected chi connectivity index (χ4v) is 1.71. The van der Waals surface area contributed by atoms with Gasteiger partial charge in [0, 0.05) is 25.6 Å². The molecule has 0 radical (unpaired) electrons. The van der Waals surface area contributed by atoms with Crippen LogP contribution >= 0.6 is 0 Å². The second-order valence-electron chi connectivity index (χ2n) is 3.72. The first kappa shape index (κ1) is 9.77. The van der Waals surface area contributed by atoms with Crippen molar-refractivity contribution in [2.24, 2.45) is 7.05 Å². The molecule has 2 rings (SSSR count). The Bertz CT molecular complexity index is 526. The second-order valence-corrected chi connectivity index (χ2v) is 3.72. The highest BCUT2D eigenvalue weighted by Gasteiger charge is 2.09. The lowest BCUT2D eigenvalue weighted by molar-refractivity contribution is -0.131. The molecule has 0 saturated carbocycles. The summed E-state index contributed by atoms with van der Waals surface area (Å²) in [6, 6.07) is 6.09. The topological polar surface area (TPSA) is 31.2 Å². The van der Waals surface area contributed by atoms with Gasteiger partial charge in [-0.3, -0.25) is 4.79 Å². The molecule has 3 heteroatoms. The van der Waals surface area contributed by atoms with Gasteiger partial charge in [0.25, 0.3) is 0 Å². The maximum atomic E-state index is 10.9. The van der Waals surface area contributed by atoms with Crippen molar-refractivity contribution in [3.63, 3.8) is 0 Å². The molecule has 0 aliphatic carbocycles. The van der Waals surface area contributed by atoms with Crippen LogP contribution in [0.4, 0.5) is 0 Å². The summed E-state index contributed by atoms with van der Waals surface area (Å²) in [6.45, 7) is 3.43. The number of nitrogens with zero attached hydrogens (tertiary/aromatic N) is 1. The van der Waals surface area contributed by atoms with Crippen molar-refractivity contribution in [3.8, 4) is 5.75 Å². The van der Waals surface area contributed by atoms with E-state index in [-0.39, 0.29) is 5.97 Å². The van der Waals surface area contributed by atoms with Crippen LogP contribution in [-0.4, -0.2) is 10.5 Å². The van der Waals surface area contributed by atoms with Crippen LogP contribution in [0.5, 0.6) is 5.75 Å². The number of ether oxygens (including phenoxy) is 1. The molecule has 0 N–H and O–H groups in total. The van der Waals surface area contributed by atoms with Gasteiger partial charge in [-0.2, -0.15) is 0 Å². The van der Waals surface area contributed by atoms with Crippen molar-refractivity contribution in [1.29, 1.82) is 0 Å². The molecule has 0 aliphatic rings. The molecule has 78 valence electrons. The fraction of sp³-hybridized carbons (Fsp3) is 0.250. The Kier molecular flexibility index (Phi) is 2.23. The van der Waals surface area contributed by atoms with Crippen LogP contribution < -0.4 is 4.74 Å². The zero-order valence-corrected chi connectivity index (χ0v) is 9.07. The molecular weight excluding hydrogens is 190 g/mol. The Labute approximate surface area is 88.3 Å². The number of aryl methyl sites for hydroxylation is 2. The van der Waals surface area contributed by atoms with Gasteiger partial charge in [-0.1, -0.05) is 11.6 Å². The van der Waals surface area contributed by atoms with Crippen molar-refractivity contribution >= 4 is 16.9 Å². The van der Waals surface area contributed by atoms with Crippen molar-refractivity contribution in [3.05, 3.63) is 30.0 Å². The predicted octanol–water partition coefficient (Wildman–Crippen LogP) is 2.41. The van der Waals surface area contributed by atoms with Crippen molar-refractivity contribution in [2.75, 3.05) is 0 Å². The smallest absolute Gasteiger partial charge is 0.308 e. The highest BCUT2D eigenvalue weighted by Crippen LogP contribution is 2.28. The Balaban J connectivity index is 2.64. The lowest BCUT2D eigenvalue weighted by Crippen LogP contribution is -2.00. The minimum atomic E-state index is -0.288. The monoisotopic (exact) mass is 203 g/mol. The summed E-state index contributed by atoms with van der Waals surface area (Å²) < 4.78 is 7.10. The second kappa shape index (κ2) is 3.42. The molecule has 0 fully saturated rings. The molecule has 2 aromatic rings. The van der Waals surface area contributed by atoms with Crippen LogP contribution in [0.25, 0.3) is 10.9 Å². The molecule has 15 heavy (non-hydrogen) atoms. The summed E-state index contributed by atoms with van der Waals surface area (Å²) in [4.78, 5) is 10.9. The van der Waals surface area contributed by atoms with Gasteiger partial charge in [0.05, 0.1) is 5.52 Å². The zero-order chi connectivity index (χ0) is 11.0. The molecule has 0 amide bonds. The molecule has 1 heterocycles. The van der Waals surface area contributed by atoms with E-state index >= 15 is 0 Å². The van der Waals surface area contributed by atoms with Gasteiger partial charge in [0.15, 0.2) is 5.75 Å². The summed E-state index contributed by atoms with van der Waals surface area (Å²) in [5.41, 5.74) is 2.22. The van der Waals surface area contributed by atoms with E-state index in [2.05, 4.69) is 0 Å². The average molecular weight is 203 g/mol. The van der Waals surface area contributed by atoms with Crippen LogP contribution in [-0.2, 0) is 11.8 Å². The number of fused-ring (bicyclic) bond motifs is 1. The number of benzene rings is 1. The van der Waals surface area contributed by atoms with Crippen molar-refractivity contribution in [1.82, 2.24) is 4.57 Å². The molecule has 0 bridgehead atoms. The SMILES string of the molecule is CC(=O)Oc1cn(C)c2ccc(C)cc12. The number of carbonyl (C=O) groups excluding carboxylic acids is 1. The lowest BCUT2D eigenvalue weighted by Gasteiger charge is -1.99. The molecule has 0 atom stereocenters. The minimum Gasteiger partial charge on any atom is -0.424 e. The first-order valence-electron chi connectivity index (χ1n) is 4.82. The van der Waals surface area contributed by atoms with Gasteiger partial charge in [0.2, 0.25) is 0 Å². The fourth-order valence-electron chi connectivity index (χ4n) is 1.71. The third-order valence-electron chi connectivity index (χ3n) is 2.36. The Morgan fingerprint density at radius 2 is 2.13 bits per heavy atom. The van der Waals surface area contributed by atoms with Crippen LogP contribution in [0.15, 0.2) is 24.4 Å². The number of carbonyl (C=O) groups is 1. The lowest BCUT2D eigenvalue weighted by atomic mass is 10.2. The van der Waals surface area contributed by atoms with Crippen LogP contribution in [0, 0.1) is 6.92 Å². The maximum Gasteiger partial charge on any atom is 0.308 e. The highest BCUT2D eigenvalue weighted by molar-refractivity contribution is 5.89. The zero-order valence-electron chi connectivity index (χ0n) is 9.07. The van der Waals surface area contributed by atoms with E-state index in [4.69, 9.17) is 4.74 Å². The minimum absolute atomic E-state index is 0.288.